The van der Waals surface area contributed by atoms with Crippen LogP contribution in [0, 0.1) is 12.8 Å². The number of para-hydroxylation sites is 1. The highest BCUT2D eigenvalue weighted by Gasteiger charge is 2.20. The average Bonchev–Trinajstić information content (AvgIpc) is 2.72. The van der Waals surface area contributed by atoms with Crippen molar-refractivity contribution < 1.29 is 9.90 Å². The molecule has 4 nitrogen and oxygen atoms in total. The van der Waals surface area contributed by atoms with E-state index in [4.69, 9.17) is 0 Å². The Balaban J connectivity index is 2.66. The summed E-state index contributed by atoms with van der Waals surface area (Å²) in [4.78, 5) is 15.7. The second-order valence-electron chi connectivity index (χ2n) is 5.13. The summed E-state index contributed by atoms with van der Waals surface area (Å²) in [6.07, 6.45) is 1.08. The predicted molar refractivity (Wildman–Crippen MR) is 75.6 cm³/mol. The van der Waals surface area contributed by atoms with Crippen molar-refractivity contribution in [3.8, 4) is 0 Å². The SMILES string of the molecule is CCC(C)C(C)n1c(C)nc2c(C(=O)O)cccc21. The maximum atomic E-state index is 11.2. The van der Waals surface area contributed by atoms with E-state index < -0.39 is 5.97 Å². The zero-order chi connectivity index (χ0) is 14.2. The van der Waals surface area contributed by atoms with Gasteiger partial charge in [0.1, 0.15) is 11.3 Å². The third-order valence-corrected chi connectivity index (χ3v) is 4.00. The molecular weight excluding hydrogens is 240 g/mol. The minimum Gasteiger partial charge on any atom is -0.478 e. The summed E-state index contributed by atoms with van der Waals surface area (Å²) < 4.78 is 2.15. The number of aromatic nitrogens is 2. The summed E-state index contributed by atoms with van der Waals surface area (Å²) in [5.41, 5.74) is 1.77. The Kier molecular flexibility index (Phi) is 3.60. The van der Waals surface area contributed by atoms with Gasteiger partial charge in [0.15, 0.2) is 0 Å². The largest absolute Gasteiger partial charge is 0.478 e. The molecule has 1 aromatic carbocycles. The topological polar surface area (TPSA) is 55.1 Å². The van der Waals surface area contributed by atoms with Gasteiger partial charge < -0.3 is 9.67 Å². The molecule has 0 radical (unpaired) electrons. The highest BCUT2D eigenvalue weighted by Crippen LogP contribution is 2.28. The molecular formula is C15H20N2O2. The number of aromatic carboxylic acids is 1. The van der Waals surface area contributed by atoms with Crippen LogP contribution >= 0.6 is 0 Å². The molecule has 2 aromatic rings. The Morgan fingerprint density at radius 2 is 2.11 bits per heavy atom. The van der Waals surface area contributed by atoms with Crippen molar-refractivity contribution in [1.29, 1.82) is 0 Å². The minimum atomic E-state index is -0.925. The Morgan fingerprint density at radius 3 is 2.68 bits per heavy atom. The smallest absolute Gasteiger partial charge is 0.337 e. The van der Waals surface area contributed by atoms with E-state index in [2.05, 4.69) is 30.3 Å². The molecule has 4 heteroatoms. The first-order valence-corrected chi connectivity index (χ1v) is 6.68. The second kappa shape index (κ2) is 5.03. The second-order valence-corrected chi connectivity index (χ2v) is 5.13. The van der Waals surface area contributed by atoms with E-state index in [1.54, 1.807) is 12.1 Å². The molecule has 2 atom stereocenters. The van der Waals surface area contributed by atoms with Crippen LogP contribution in [0.4, 0.5) is 0 Å². The van der Waals surface area contributed by atoms with Crippen LogP contribution in [-0.2, 0) is 0 Å². The van der Waals surface area contributed by atoms with Gasteiger partial charge in [-0.05, 0) is 31.9 Å². The normalized spacial score (nSPS) is 14.5. The number of nitrogens with zero attached hydrogens (tertiary/aromatic N) is 2. The van der Waals surface area contributed by atoms with Gasteiger partial charge in [-0.1, -0.05) is 26.3 Å². The van der Waals surface area contributed by atoms with E-state index in [9.17, 15) is 9.90 Å². The molecule has 2 rings (SSSR count). The quantitative estimate of drug-likeness (QED) is 0.912. The molecule has 0 saturated heterocycles. The van der Waals surface area contributed by atoms with E-state index in [1.807, 2.05) is 13.0 Å². The molecule has 102 valence electrons. The monoisotopic (exact) mass is 260 g/mol. The van der Waals surface area contributed by atoms with Crippen molar-refractivity contribution >= 4 is 17.0 Å². The first-order valence-electron chi connectivity index (χ1n) is 6.68. The number of benzene rings is 1. The van der Waals surface area contributed by atoms with Crippen LogP contribution in [0.15, 0.2) is 18.2 Å². The lowest BCUT2D eigenvalue weighted by Gasteiger charge is -2.22. The number of carboxylic acid groups (broad SMARTS) is 1. The zero-order valence-corrected chi connectivity index (χ0v) is 11.8. The van der Waals surface area contributed by atoms with Gasteiger partial charge in [0.2, 0.25) is 0 Å². The number of hydrogen-bond acceptors (Lipinski definition) is 2. The van der Waals surface area contributed by atoms with Crippen molar-refractivity contribution in [1.82, 2.24) is 9.55 Å². The van der Waals surface area contributed by atoms with Gasteiger partial charge in [-0.3, -0.25) is 0 Å². The molecule has 0 saturated carbocycles. The highest BCUT2D eigenvalue weighted by atomic mass is 16.4. The van der Waals surface area contributed by atoms with Crippen molar-refractivity contribution in [3.05, 3.63) is 29.6 Å². The minimum absolute atomic E-state index is 0.274. The molecule has 19 heavy (non-hydrogen) atoms. The molecule has 0 bridgehead atoms. The first kappa shape index (κ1) is 13.6. The van der Waals surface area contributed by atoms with Crippen molar-refractivity contribution in [2.24, 2.45) is 5.92 Å². The predicted octanol–water partition coefficient (Wildman–Crippen LogP) is 3.65. The Morgan fingerprint density at radius 1 is 1.42 bits per heavy atom. The van der Waals surface area contributed by atoms with Crippen molar-refractivity contribution in [2.75, 3.05) is 0 Å². The van der Waals surface area contributed by atoms with Gasteiger partial charge >= 0.3 is 5.97 Å². The third kappa shape index (κ3) is 2.23. The van der Waals surface area contributed by atoms with Gasteiger partial charge in [-0.25, -0.2) is 9.78 Å². The average molecular weight is 260 g/mol. The maximum absolute atomic E-state index is 11.2. The zero-order valence-electron chi connectivity index (χ0n) is 11.8. The van der Waals surface area contributed by atoms with Gasteiger partial charge in [-0.2, -0.15) is 0 Å². The number of carbonyl (C=O) groups is 1. The van der Waals surface area contributed by atoms with Crippen LogP contribution < -0.4 is 0 Å². The fourth-order valence-corrected chi connectivity index (χ4v) is 2.52. The van der Waals surface area contributed by atoms with Gasteiger partial charge in [0, 0.05) is 6.04 Å². The third-order valence-electron chi connectivity index (χ3n) is 4.00. The molecule has 0 aliphatic heterocycles. The van der Waals surface area contributed by atoms with Gasteiger partial charge in [-0.15, -0.1) is 0 Å². The Hall–Kier alpha value is -1.84. The lowest BCUT2D eigenvalue weighted by molar-refractivity contribution is 0.0699. The molecule has 0 amide bonds. The number of aryl methyl sites for hydroxylation is 1. The highest BCUT2D eigenvalue weighted by molar-refractivity contribution is 6.01. The number of fused-ring (bicyclic) bond motifs is 1. The number of rotatable bonds is 4. The van der Waals surface area contributed by atoms with E-state index in [0.29, 0.717) is 17.5 Å². The summed E-state index contributed by atoms with van der Waals surface area (Å²) in [5.74, 6) is 0.465. The summed E-state index contributed by atoms with van der Waals surface area (Å²) in [6, 6.07) is 5.64. The molecule has 1 N–H and O–H groups in total. The lowest BCUT2D eigenvalue weighted by atomic mass is 10.0. The Bertz CT molecular complexity index is 616. The van der Waals surface area contributed by atoms with Crippen LogP contribution in [0.25, 0.3) is 11.0 Å². The van der Waals surface area contributed by atoms with Crippen LogP contribution in [0.1, 0.15) is 49.4 Å². The molecule has 0 spiro atoms. The van der Waals surface area contributed by atoms with Gasteiger partial charge in [0.25, 0.3) is 0 Å². The first-order chi connectivity index (χ1) is 8.97. The van der Waals surface area contributed by atoms with Gasteiger partial charge in [0.05, 0.1) is 11.1 Å². The van der Waals surface area contributed by atoms with Crippen LogP contribution in [0.5, 0.6) is 0 Å². The van der Waals surface area contributed by atoms with Crippen molar-refractivity contribution in [3.63, 3.8) is 0 Å². The number of hydrogen-bond donors (Lipinski definition) is 1. The van der Waals surface area contributed by atoms with Crippen LogP contribution in [-0.4, -0.2) is 20.6 Å². The number of carboxylic acids is 1. The molecule has 0 aliphatic rings. The van der Waals surface area contributed by atoms with E-state index in [0.717, 1.165) is 17.8 Å². The summed E-state index contributed by atoms with van der Waals surface area (Å²) in [5, 5.41) is 9.23. The Labute approximate surface area is 113 Å². The summed E-state index contributed by atoms with van der Waals surface area (Å²) >= 11 is 0. The molecule has 1 heterocycles. The maximum Gasteiger partial charge on any atom is 0.337 e. The van der Waals surface area contributed by atoms with E-state index >= 15 is 0 Å². The van der Waals surface area contributed by atoms with E-state index in [1.165, 1.54) is 0 Å². The number of imidazole rings is 1. The summed E-state index contributed by atoms with van der Waals surface area (Å²) in [7, 11) is 0. The summed E-state index contributed by atoms with van der Waals surface area (Å²) in [6.45, 7) is 8.47. The fraction of sp³-hybridized carbons (Fsp3) is 0.467. The van der Waals surface area contributed by atoms with E-state index in [-0.39, 0.29) is 5.56 Å². The standard InChI is InChI=1S/C15H20N2O2/c1-5-9(2)10(3)17-11(4)16-14-12(15(18)19)7-6-8-13(14)17/h6-10H,5H2,1-4H3,(H,18,19). The molecule has 1 aromatic heterocycles. The molecule has 0 aliphatic carbocycles. The molecule has 0 fully saturated rings. The van der Waals surface area contributed by atoms with Crippen LogP contribution in [0.3, 0.4) is 0 Å². The van der Waals surface area contributed by atoms with Crippen LogP contribution in [0.2, 0.25) is 0 Å². The molecule has 2 unspecified atom stereocenters. The van der Waals surface area contributed by atoms with Crippen molar-refractivity contribution in [2.45, 2.75) is 40.2 Å². The fourth-order valence-electron chi connectivity index (χ4n) is 2.52. The lowest BCUT2D eigenvalue weighted by Crippen LogP contribution is -2.14.